The van der Waals surface area contributed by atoms with E-state index in [0.717, 1.165) is 16.2 Å². The second-order valence-electron chi connectivity index (χ2n) is 7.04. The van der Waals surface area contributed by atoms with Crippen molar-refractivity contribution in [3.63, 3.8) is 0 Å². The average molecular weight is 366 g/mol. The van der Waals surface area contributed by atoms with Crippen molar-refractivity contribution >= 4 is 23.6 Å². The highest BCUT2D eigenvalue weighted by Crippen LogP contribution is 2.36. The van der Waals surface area contributed by atoms with E-state index in [2.05, 4.69) is 31.2 Å². The lowest BCUT2D eigenvalue weighted by Crippen LogP contribution is -2.18. The van der Waals surface area contributed by atoms with E-state index in [4.69, 9.17) is 4.52 Å². The number of aromatic nitrogens is 1. The largest absolute Gasteiger partial charge is 0.338 e. The van der Waals surface area contributed by atoms with Crippen LogP contribution in [0.2, 0.25) is 0 Å². The van der Waals surface area contributed by atoms with E-state index in [1.165, 1.54) is 11.8 Å². The Hall–Kier alpha value is -2.53. The molecule has 0 radical (unpaired) electrons. The minimum absolute atomic E-state index is 0.135. The maximum atomic E-state index is 13.0. The summed E-state index contributed by atoms with van der Waals surface area (Å²) in [6.45, 7) is 6.15. The molecule has 26 heavy (non-hydrogen) atoms. The van der Waals surface area contributed by atoms with Crippen LogP contribution in [0.15, 0.2) is 76.1 Å². The normalized spacial score (nSPS) is 12.6. The Morgan fingerprint density at radius 1 is 1.04 bits per heavy atom. The van der Waals surface area contributed by atoms with Gasteiger partial charge in [0.25, 0.3) is 0 Å². The Morgan fingerprint density at radius 3 is 2.23 bits per heavy atom. The fourth-order valence-corrected chi connectivity index (χ4v) is 3.46. The summed E-state index contributed by atoms with van der Waals surface area (Å²) in [5.74, 6) is 0.233. The molecule has 4 nitrogen and oxygen atoms in total. The zero-order valence-corrected chi connectivity index (χ0v) is 15.9. The van der Waals surface area contributed by atoms with Crippen LogP contribution < -0.4 is 5.32 Å². The number of nitrogens with one attached hydrogen (secondary N) is 1. The fraction of sp³-hybridized carbons (Fsp3) is 0.238. The molecule has 1 amide bonds. The van der Waals surface area contributed by atoms with E-state index in [1.54, 1.807) is 6.07 Å². The number of thioether (sulfide) groups is 1. The van der Waals surface area contributed by atoms with E-state index in [1.807, 2.05) is 60.7 Å². The Morgan fingerprint density at radius 2 is 1.65 bits per heavy atom. The van der Waals surface area contributed by atoms with E-state index < -0.39 is 0 Å². The van der Waals surface area contributed by atoms with E-state index in [0.29, 0.717) is 5.88 Å². The minimum Gasteiger partial charge on any atom is -0.338 e. The average Bonchev–Trinajstić information content (AvgIpc) is 3.10. The van der Waals surface area contributed by atoms with Crippen molar-refractivity contribution in [2.75, 3.05) is 5.32 Å². The van der Waals surface area contributed by atoms with Gasteiger partial charge in [-0.3, -0.25) is 10.1 Å². The summed E-state index contributed by atoms with van der Waals surface area (Å²) in [5, 5.41) is 6.54. The molecule has 134 valence electrons. The quantitative estimate of drug-likeness (QED) is 0.611. The van der Waals surface area contributed by atoms with Gasteiger partial charge in [0.05, 0.1) is 5.69 Å². The molecule has 1 aromatic heterocycles. The molecule has 0 aliphatic carbocycles. The van der Waals surface area contributed by atoms with Gasteiger partial charge in [-0.1, -0.05) is 74.5 Å². The standard InChI is InChI=1S/C21H22N2O2S/c1-21(2,3)17-14-18(25-23-17)22-20(24)19(15-10-6-4-7-11-15)26-16-12-8-5-9-13-16/h4-14,19H,1-3H3,(H,22,24)/t19-/m0/s1. The van der Waals surface area contributed by atoms with Crippen molar-refractivity contribution in [2.45, 2.75) is 36.3 Å². The fourth-order valence-electron chi connectivity index (χ4n) is 2.41. The van der Waals surface area contributed by atoms with Gasteiger partial charge in [-0.15, -0.1) is 11.8 Å². The van der Waals surface area contributed by atoms with Crippen molar-refractivity contribution in [3.8, 4) is 0 Å². The van der Waals surface area contributed by atoms with Crippen LogP contribution in [0.25, 0.3) is 0 Å². The van der Waals surface area contributed by atoms with Gasteiger partial charge in [-0.25, -0.2) is 0 Å². The van der Waals surface area contributed by atoms with Gasteiger partial charge < -0.3 is 4.52 Å². The van der Waals surface area contributed by atoms with Crippen LogP contribution in [0.3, 0.4) is 0 Å². The van der Waals surface area contributed by atoms with Gasteiger partial charge in [0.1, 0.15) is 5.25 Å². The summed E-state index contributed by atoms with van der Waals surface area (Å²) in [5.41, 5.74) is 1.61. The number of anilines is 1. The lowest BCUT2D eigenvalue weighted by Gasteiger charge is -2.16. The van der Waals surface area contributed by atoms with Crippen LogP contribution in [-0.2, 0) is 10.2 Å². The molecule has 5 heteroatoms. The summed E-state index contributed by atoms with van der Waals surface area (Å²) < 4.78 is 5.31. The van der Waals surface area contributed by atoms with Crippen LogP contribution in [-0.4, -0.2) is 11.1 Å². The predicted molar refractivity (Wildman–Crippen MR) is 105 cm³/mol. The van der Waals surface area contributed by atoms with Gasteiger partial charge in [0.2, 0.25) is 11.8 Å². The third-order valence-corrected chi connectivity index (χ3v) is 5.13. The van der Waals surface area contributed by atoms with Crippen molar-refractivity contribution < 1.29 is 9.32 Å². The van der Waals surface area contributed by atoms with Gasteiger partial charge in [-0.05, 0) is 17.7 Å². The number of carbonyl (C=O) groups is 1. The Labute approximate surface area is 158 Å². The predicted octanol–water partition coefficient (Wildman–Crippen LogP) is 5.44. The van der Waals surface area contributed by atoms with Gasteiger partial charge in [0, 0.05) is 16.4 Å². The van der Waals surface area contributed by atoms with E-state index >= 15 is 0 Å². The van der Waals surface area contributed by atoms with Crippen LogP contribution in [0.1, 0.15) is 37.3 Å². The summed E-state index contributed by atoms with van der Waals surface area (Å²) in [4.78, 5) is 14.0. The Balaban J connectivity index is 1.82. The molecule has 1 N–H and O–H groups in total. The molecule has 0 saturated heterocycles. The highest BCUT2D eigenvalue weighted by molar-refractivity contribution is 8.00. The molecule has 0 unspecified atom stereocenters. The first kappa shape index (κ1) is 18.3. The first-order valence-corrected chi connectivity index (χ1v) is 9.36. The topological polar surface area (TPSA) is 55.1 Å². The van der Waals surface area contributed by atoms with Crippen LogP contribution in [0, 0.1) is 0 Å². The number of hydrogen-bond donors (Lipinski definition) is 1. The highest BCUT2D eigenvalue weighted by atomic mass is 32.2. The van der Waals surface area contributed by atoms with Crippen LogP contribution in [0.5, 0.6) is 0 Å². The zero-order valence-electron chi connectivity index (χ0n) is 15.1. The molecule has 0 fully saturated rings. The summed E-state index contributed by atoms with van der Waals surface area (Å²) >= 11 is 1.51. The number of amides is 1. The number of benzene rings is 2. The highest BCUT2D eigenvalue weighted by Gasteiger charge is 2.25. The monoisotopic (exact) mass is 366 g/mol. The third-order valence-electron chi connectivity index (χ3n) is 3.86. The maximum Gasteiger partial charge on any atom is 0.244 e. The number of nitrogens with zero attached hydrogens (tertiary/aromatic N) is 1. The van der Waals surface area contributed by atoms with Crippen molar-refractivity contribution in [1.82, 2.24) is 5.16 Å². The zero-order chi connectivity index (χ0) is 18.6. The molecule has 0 aliphatic heterocycles. The van der Waals surface area contributed by atoms with Crippen LogP contribution in [0.4, 0.5) is 5.88 Å². The second-order valence-corrected chi connectivity index (χ2v) is 8.22. The summed E-state index contributed by atoms with van der Waals surface area (Å²) in [6, 6.07) is 21.4. The molecule has 0 bridgehead atoms. The molecule has 2 aromatic carbocycles. The van der Waals surface area contributed by atoms with Crippen molar-refractivity contribution in [3.05, 3.63) is 78.0 Å². The van der Waals surface area contributed by atoms with Crippen LogP contribution >= 0.6 is 11.8 Å². The second kappa shape index (κ2) is 7.79. The Kier molecular flexibility index (Phi) is 5.47. The maximum absolute atomic E-state index is 13.0. The number of carbonyl (C=O) groups excluding carboxylic acids is 1. The van der Waals surface area contributed by atoms with Gasteiger partial charge in [0.15, 0.2) is 0 Å². The lowest BCUT2D eigenvalue weighted by atomic mass is 9.92. The molecular weight excluding hydrogens is 344 g/mol. The number of hydrogen-bond acceptors (Lipinski definition) is 4. The molecule has 3 rings (SSSR count). The first-order valence-electron chi connectivity index (χ1n) is 8.48. The molecule has 1 heterocycles. The molecule has 3 aromatic rings. The molecule has 0 spiro atoms. The smallest absolute Gasteiger partial charge is 0.244 e. The molecular formula is C21H22N2O2S. The van der Waals surface area contributed by atoms with Gasteiger partial charge >= 0.3 is 0 Å². The summed E-state index contributed by atoms with van der Waals surface area (Å²) in [6.07, 6.45) is 0. The lowest BCUT2D eigenvalue weighted by molar-refractivity contribution is -0.115. The molecule has 0 saturated carbocycles. The number of rotatable bonds is 5. The SMILES string of the molecule is CC(C)(C)c1cc(NC(=O)[C@@H](Sc2ccccc2)c2ccccc2)on1. The minimum atomic E-state index is -0.387. The summed E-state index contributed by atoms with van der Waals surface area (Å²) in [7, 11) is 0. The first-order chi connectivity index (χ1) is 12.4. The van der Waals surface area contributed by atoms with E-state index in [-0.39, 0.29) is 16.6 Å². The Bertz CT molecular complexity index is 854. The van der Waals surface area contributed by atoms with E-state index in [9.17, 15) is 4.79 Å². The molecule has 1 atom stereocenters. The molecule has 0 aliphatic rings. The third kappa shape index (κ3) is 4.55. The van der Waals surface area contributed by atoms with Gasteiger partial charge in [-0.2, -0.15) is 0 Å². The van der Waals surface area contributed by atoms with Crippen molar-refractivity contribution in [2.24, 2.45) is 0 Å². The van der Waals surface area contributed by atoms with Crippen molar-refractivity contribution in [1.29, 1.82) is 0 Å².